The summed E-state index contributed by atoms with van der Waals surface area (Å²) < 4.78 is 35.8. The van der Waals surface area contributed by atoms with Crippen LogP contribution in [0.15, 0.2) is 22.1 Å². The molecule has 0 bridgehead atoms. The van der Waals surface area contributed by atoms with E-state index in [2.05, 4.69) is 0 Å². The van der Waals surface area contributed by atoms with E-state index in [1.54, 1.807) is 21.1 Å². The molecule has 1 N–H and O–H groups in total. The molecule has 17 heavy (non-hydrogen) atoms. The van der Waals surface area contributed by atoms with Crippen LogP contribution in [0.5, 0.6) is 0 Å². The van der Waals surface area contributed by atoms with Gasteiger partial charge in [0.15, 0.2) is 0 Å². The van der Waals surface area contributed by atoms with Gasteiger partial charge in [0.25, 0.3) is 5.70 Å². The average Bonchev–Trinajstić information content (AvgIpc) is 1.95. The van der Waals surface area contributed by atoms with Gasteiger partial charge in [-0.05, 0) is 0 Å². The van der Waals surface area contributed by atoms with Crippen molar-refractivity contribution in [1.29, 1.82) is 0 Å². The van der Waals surface area contributed by atoms with Gasteiger partial charge in [-0.1, -0.05) is 0 Å². The van der Waals surface area contributed by atoms with E-state index in [1.807, 2.05) is 0 Å². The van der Waals surface area contributed by atoms with Crippen molar-refractivity contribution < 1.29 is 27.1 Å². The number of methoxy groups -OCH3 is 1. The van der Waals surface area contributed by atoms with Crippen molar-refractivity contribution in [2.45, 2.75) is 0 Å². The predicted molar refractivity (Wildman–Crippen MR) is 57.6 cm³/mol. The molecule has 96 valence electrons. The Morgan fingerprint density at radius 3 is 2.06 bits per heavy atom. The molecule has 8 nitrogen and oxygen atoms in total. The Morgan fingerprint density at radius 1 is 1.35 bits per heavy atom. The van der Waals surface area contributed by atoms with Crippen molar-refractivity contribution in [2.24, 2.45) is 0 Å². The van der Waals surface area contributed by atoms with Crippen LogP contribution in [-0.4, -0.2) is 50.6 Å². The number of likely N-dealkylation sites (N-methyl/N-ethyl adjacent to an activating group) is 1. The fourth-order valence-corrected chi connectivity index (χ4v) is 2.42. The van der Waals surface area contributed by atoms with E-state index in [0.717, 1.165) is 0 Å². The molecular weight excluding hydrogens is 252 g/mol. The Hall–Kier alpha value is -1.45. The summed E-state index contributed by atoms with van der Waals surface area (Å²) in [7, 11) is 1.39. The summed E-state index contributed by atoms with van der Waals surface area (Å²) in [5.74, 6) is -0.174. The number of hydrogen-bond acceptors (Lipinski definition) is 5. The highest BCUT2D eigenvalue weighted by Crippen LogP contribution is 2.41. The van der Waals surface area contributed by atoms with E-state index in [-0.39, 0.29) is 15.9 Å². The van der Waals surface area contributed by atoms with E-state index < -0.39 is 25.6 Å². The van der Waals surface area contributed by atoms with E-state index in [0.29, 0.717) is 0 Å². The molecule has 0 aromatic carbocycles. The average molecular weight is 265 g/mol. The van der Waals surface area contributed by atoms with E-state index in [4.69, 9.17) is 9.29 Å². The smallest absolute Gasteiger partial charge is 0.358 e. The maximum atomic E-state index is 11.0. The Morgan fingerprint density at radius 2 is 1.82 bits per heavy atom. The van der Waals surface area contributed by atoms with Gasteiger partial charge in [0, 0.05) is 0 Å². The Bertz CT molecular complexity index is 537. The fraction of sp³-hybridized carbons (Fsp3) is 0.500. The zero-order valence-corrected chi connectivity index (χ0v) is 10.6. The summed E-state index contributed by atoms with van der Waals surface area (Å²) >= 11 is 0. The first-order valence-electron chi connectivity index (χ1n) is 4.49. The normalized spacial score (nSPS) is 17.0. The van der Waals surface area contributed by atoms with Crippen LogP contribution in [0, 0.1) is 10.1 Å². The Labute approximate surface area is 98.3 Å². The predicted octanol–water partition coefficient (Wildman–Crippen LogP) is -0.0597. The van der Waals surface area contributed by atoms with Crippen LogP contribution >= 0.6 is 0 Å². The van der Waals surface area contributed by atoms with Crippen molar-refractivity contribution in [3.05, 3.63) is 32.2 Å². The molecule has 0 atom stereocenters. The topological polar surface area (TPSA) is 107 Å². The Balaban J connectivity index is 3.48. The third-order valence-corrected chi connectivity index (χ3v) is 3.07. The maximum Gasteiger partial charge on any atom is 0.358 e. The van der Waals surface area contributed by atoms with Gasteiger partial charge in [-0.2, -0.15) is 8.42 Å². The standard InChI is InChI=1S/C8H12N2O6S/c1-10(2,3)6-5(9(11)12)8(7(6)16-4)17(13,14)15/h1-4H3/p+1. The quantitative estimate of drug-likeness (QED) is 0.330. The van der Waals surface area contributed by atoms with Crippen molar-refractivity contribution in [2.75, 3.05) is 28.3 Å². The monoisotopic (exact) mass is 265 g/mol. The van der Waals surface area contributed by atoms with Crippen LogP contribution in [0.1, 0.15) is 0 Å². The van der Waals surface area contributed by atoms with Gasteiger partial charge in [-0.3, -0.25) is 19.2 Å². The first-order chi connectivity index (χ1) is 7.51. The molecule has 0 radical (unpaired) electrons. The highest BCUT2D eigenvalue weighted by molar-refractivity contribution is 7.90. The van der Waals surface area contributed by atoms with Crippen molar-refractivity contribution in [1.82, 2.24) is 0 Å². The van der Waals surface area contributed by atoms with Gasteiger partial charge >= 0.3 is 15.8 Å². The van der Waals surface area contributed by atoms with Gasteiger partial charge in [0.2, 0.25) is 10.7 Å². The van der Waals surface area contributed by atoms with E-state index in [9.17, 15) is 18.5 Å². The first-order valence-corrected chi connectivity index (χ1v) is 5.93. The third-order valence-electron chi connectivity index (χ3n) is 2.18. The summed E-state index contributed by atoms with van der Waals surface area (Å²) in [6.45, 7) is 0. The molecule has 9 heteroatoms. The molecule has 0 aromatic heterocycles. The molecule has 0 amide bonds. The first kappa shape index (κ1) is 13.6. The lowest BCUT2D eigenvalue weighted by Gasteiger charge is -2.31. The SMILES string of the molecule is COC1=C(S(=O)(=O)O)C([N+](=O)[O-])=C1[N+](C)(C)C. The fourth-order valence-electron chi connectivity index (χ4n) is 1.59. The van der Waals surface area contributed by atoms with Crippen molar-refractivity contribution in [3.8, 4) is 0 Å². The number of quaternary nitrogens is 1. The van der Waals surface area contributed by atoms with Gasteiger partial charge in [0.1, 0.15) is 0 Å². The number of ether oxygens (including phenoxy) is 1. The zero-order valence-electron chi connectivity index (χ0n) is 9.79. The number of nitro groups is 1. The van der Waals surface area contributed by atoms with E-state index in [1.165, 1.54) is 7.11 Å². The molecule has 0 heterocycles. The van der Waals surface area contributed by atoms with Crippen LogP contribution in [0.2, 0.25) is 0 Å². The van der Waals surface area contributed by atoms with Crippen LogP contribution in [0.25, 0.3) is 0 Å². The molecule has 1 rings (SSSR count). The molecular formula is C8H13N2O6S+. The lowest BCUT2D eigenvalue weighted by atomic mass is 10.1. The summed E-state index contributed by atoms with van der Waals surface area (Å²) in [6.07, 6.45) is 0. The molecule has 1 aliphatic carbocycles. The number of nitrogens with zero attached hydrogens (tertiary/aromatic N) is 2. The van der Waals surface area contributed by atoms with Crippen LogP contribution in [0.4, 0.5) is 0 Å². The highest BCUT2D eigenvalue weighted by Gasteiger charge is 2.54. The number of hydrogen-bond donors (Lipinski definition) is 1. The van der Waals surface area contributed by atoms with Crippen LogP contribution in [0.3, 0.4) is 0 Å². The molecule has 0 aromatic rings. The molecule has 1 aliphatic rings. The van der Waals surface area contributed by atoms with Gasteiger partial charge < -0.3 is 4.74 Å². The second-order valence-electron chi connectivity index (χ2n) is 4.30. The van der Waals surface area contributed by atoms with Crippen LogP contribution < -0.4 is 0 Å². The lowest BCUT2D eigenvalue weighted by molar-refractivity contribution is -0.834. The molecule has 0 unspecified atom stereocenters. The summed E-state index contributed by atoms with van der Waals surface area (Å²) in [5.41, 5.74) is -0.512. The summed E-state index contributed by atoms with van der Waals surface area (Å²) in [6, 6.07) is 0. The zero-order chi connectivity index (χ0) is 13.6. The van der Waals surface area contributed by atoms with Crippen molar-refractivity contribution in [3.63, 3.8) is 0 Å². The van der Waals surface area contributed by atoms with Gasteiger partial charge in [-0.25, -0.2) is 0 Å². The van der Waals surface area contributed by atoms with Crippen molar-refractivity contribution >= 4 is 10.1 Å². The second-order valence-corrected chi connectivity index (χ2v) is 5.66. The van der Waals surface area contributed by atoms with Crippen LogP contribution in [-0.2, 0) is 14.9 Å². The summed E-state index contributed by atoms with van der Waals surface area (Å²) in [4.78, 5) is 9.22. The molecule has 0 spiro atoms. The molecule has 0 aliphatic heterocycles. The summed E-state index contributed by atoms with van der Waals surface area (Å²) in [5, 5.41) is 10.8. The van der Waals surface area contributed by atoms with E-state index >= 15 is 0 Å². The molecule has 0 saturated heterocycles. The minimum Gasteiger partial charge on any atom is -0.489 e. The number of rotatable bonds is 4. The third kappa shape index (κ3) is 2.16. The largest absolute Gasteiger partial charge is 0.489 e. The van der Waals surface area contributed by atoms with Gasteiger partial charge in [-0.15, -0.1) is 0 Å². The molecule has 0 fully saturated rings. The maximum absolute atomic E-state index is 11.0. The minimum absolute atomic E-state index is 0.0124. The Kier molecular flexibility index (Phi) is 3.04. The second kappa shape index (κ2) is 3.79. The van der Waals surface area contributed by atoms with Gasteiger partial charge in [0.05, 0.1) is 33.2 Å². The minimum atomic E-state index is -4.67. The molecule has 0 saturated carbocycles. The lowest BCUT2D eigenvalue weighted by Crippen LogP contribution is -2.42. The highest BCUT2D eigenvalue weighted by atomic mass is 32.2.